The monoisotopic (exact) mass is 333 g/mol. The second-order valence-electron chi connectivity index (χ2n) is 3.01. The first kappa shape index (κ1) is 14.8. The van der Waals surface area contributed by atoms with E-state index in [0.717, 1.165) is 0 Å². The molecule has 0 aliphatic carbocycles. The zero-order chi connectivity index (χ0) is 13.9. The molecule has 1 heterocycles. The highest BCUT2D eigenvalue weighted by atomic mass is 79.9. The molecule has 1 rings (SSSR count). The van der Waals surface area contributed by atoms with Crippen molar-refractivity contribution < 1.29 is 31.5 Å². The molecular formula is C9H5BrF5NO2. The molecule has 0 fully saturated rings. The molecule has 0 aliphatic rings. The van der Waals surface area contributed by atoms with Crippen molar-refractivity contribution in [1.29, 1.82) is 0 Å². The minimum atomic E-state index is -5.07. The summed E-state index contributed by atoms with van der Waals surface area (Å²) in [6, 6.07) is 0.460. The molecule has 100 valence electrons. The summed E-state index contributed by atoms with van der Waals surface area (Å²) in [5, 5.41) is -0.139. The number of alkyl halides is 6. The first-order chi connectivity index (χ1) is 8.28. The Morgan fingerprint density at radius 3 is 2.44 bits per heavy atom. The van der Waals surface area contributed by atoms with Crippen LogP contribution in [0.2, 0.25) is 0 Å². The topological polar surface area (TPSA) is 39.2 Å². The zero-order valence-corrected chi connectivity index (χ0v) is 10.1. The molecule has 1 aromatic heterocycles. The van der Waals surface area contributed by atoms with Gasteiger partial charge in [0, 0.05) is 22.5 Å². The third-order valence-electron chi connectivity index (χ3n) is 1.87. The standard InChI is InChI=1S/C9H5BrF5NO2/c10-2-5-4(8(11)12)1-7(16-6(5)3-17)18-9(13,14)15/h1,3,8H,2H2. The van der Waals surface area contributed by atoms with Crippen molar-refractivity contribution in [1.82, 2.24) is 4.98 Å². The maximum absolute atomic E-state index is 12.6. The van der Waals surface area contributed by atoms with Gasteiger partial charge in [0.25, 0.3) is 6.43 Å². The van der Waals surface area contributed by atoms with Crippen molar-refractivity contribution in [2.24, 2.45) is 0 Å². The number of pyridine rings is 1. The number of aromatic nitrogens is 1. The molecule has 0 bridgehead atoms. The second kappa shape index (κ2) is 5.59. The van der Waals surface area contributed by atoms with E-state index in [1.165, 1.54) is 0 Å². The number of aldehydes is 1. The Hall–Kier alpha value is -1.25. The largest absolute Gasteiger partial charge is 0.574 e. The van der Waals surface area contributed by atoms with Crippen molar-refractivity contribution in [3.05, 3.63) is 22.9 Å². The van der Waals surface area contributed by atoms with E-state index in [4.69, 9.17) is 0 Å². The van der Waals surface area contributed by atoms with Crippen LogP contribution in [0.4, 0.5) is 22.0 Å². The van der Waals surface area contributed by atoms with Gasteiger partial charge < -0.3 is 4.74 Å². The second-order valence-corrected chi connectivity index (χ2v) is 3.57. The van der Waals surface area contributed by atoms with Crippen LogP contribution in [0, 0.1) is 0 Å². The Morgan fingerprint density at radius 2 is 2.06 bits per heavy atom. The van der Waals surface area contributed by atoms with Gasteiger partial charge in [-0.15, -0.1) is 13.2 Å². The molecule has 0 aromatic carbocycles. The molecule has 0 spiro atoms. The number of carbonyl (C=O) groups is 1. The van der Waals surface area contributed by atoms with Crippen molar-refractivity contribution in [2.75, 3.05) is 0 Å². The summed E-state index contributed by atoms with van der Waals surface area (Å²) in [6.07, 6.45) is -8.02. The Morgan fingerprint density at radius 1 is 1.44 bits per heavy atom. The average Bonchev–Trinajstić information content (AvgIpc) is 2.25. The smallest absolute Gasteiger partial charge is 0.388 e. The molecule has 0 N–H and O–H groups in total. The van der Waals surface area contributed by atoms with Crippen molar-refractivity contribution in [3.8, 4) is 5.88 Å². The van der Waals surface area contributed by atoms with E-state index in [0.29, 0.717) is 6.07 Å². The molecule has 0 radical (unpaired) electrons. The third-order valence-corrected chi connectivity index (χ3v) is 2.43. The number of nitrogens with zero attached hydrogens (tertiary/aromatic N) is 1. The van der Waals surface area contributed by atoms with Gasteiger partial charge in [-0.25, -0.2) is 13.8 Å². The molecule has 18 heavy (non-hydrogen) atoms. The lowest BCUT2D eigenvalue weighted by atomic mass is 10.1. The fraction of sp³-hybridized carbons (Fsp3) is 0.333. The zero-order valence-electron chi connectivity index (χ0n) is 8.47. The van der Waals surface area contributed by atoms with Crippen molar-refractivity contribution in [2.45, 2.75) is 18.1 Å². The molecule has 0 aliphatic heterocycles. The maximum atomic E-state index is 12.6. The van der Waals surface area contributed by atoms with Crippen LogP contribution < -0.4 is 4.74 Å². The Bertz CT molecular complexity index is 449. The Balaban J connectivity index is 3.32. The summed E-state index contributed by atoms with van der Waals surface area (Å²) < 4.78 is 64.5. The quantitative estimate of drug-likeness (QED) is 0.480. The molecule has 9 heteroatoms. The Kier molecular flexibility index (Phi) is 4.60. The fourth-order valence-corrected chi connectivity index (χ4v) is 1.81. The first-order valence-electron chi connectivity index (χ1n) is 4.37. The summed E-state index contributed by atoms with van der Waals surface area (Å²) in [5.41, 5.74) is -1.43. The number of hydrogen-bond acceptors (Lipinski definition) is 3. The first-order valence-corrected chi connectivity index (χ1v) is 5.49. The predicted octanol–water partition coefficient (Wildman–Crippen LogP) is 3.63. The van der Waals surface area contributed by atoms with Gasteiger partial charge in [-0.3, -0.25) is 4.79 Å². The Labute approximate surface area is 106 Å². The van der Waals surface area contributed by atoms with Gasteiger partial charge in [0.05, 0.1) is 0 Å². The van der Waals surface area contributed by atoms with Crippen LogP contribution in [0.3, 0.4) is 0 Å². The molecule has 0 amide bonds. The SMILES string of the molecule is O=Cc1nc(OC(F)(F)F)cc(C(F)F)c1CBr. The molecule has 3 nitrogen and oxygen atoms in total. The summed E-state index contributed by atoms with van der Waals surface area (Å²) >= 11 is 2.86. The van der Waals surface area contributed by atoms with Gasteiger partial charge in [0.1, 0.15) is 5.69 Å². The van der Waals surface area contributed by atoms with Crippen LogP contribution in [0.25, 0.3) is 0 Å². The van der Waals surface area contributed by atoms with Crippen LogP contribution in [0.1, 0.15) is 28.0 Å². The van der Waals surface area contributed by atoms with E-state index in [-0.39, 0.29) is 17.2 Å². The highest BCUT2D eigenvalue weighted by Gasteiger charge is 2.33. The van der Waals surface area contributed by atoms with Crippen LogP contribution in [-0.4, -0.2) is 17.6 Å². The number of halogens is 6. The number of hydrogen-bond donors (Lipinski definition) is 0. The van der Waals surface area contributed by atoms with Crippen molar-refractivity contribution in [3.63, 3.8) is 0 Å². The van der Waals surface area contributed by atoms with Crippen molar-refractivity contribution >= 4 is 22.2 Å². The van der Waals surface area contributed by atoms with Crippen LogP contribution in [0.5, 0.6) is 5.88 Å². The molecule has 1 aromatic rings. The van der Waals surface area contributed by atoms with Crippen LogP contribution in [0.15, 0.2) is 6.07 Å². The average molecular weight is 334 g/mol. The number of ether oxygens (including phenoxy) is 1. The summed E-state index contributed by atoms with van der Waals surface area (Å²) in [5.74, 6) is -1.09. The molecule has 0 saturated carbocycles. The fourth-order valence-electron chi connectivity index (χ4n) is 1.20. The van der Waals surface area contributed by atoms with E-state index >= 15 is 0 Å². The van der Waals surface area contributed by atoms with Crippen LogP contribution >= 0.6 is 15.9 Å². The summed E-state index contributed by atoms with van der Waals surface area (Å²) in [6.45, 7) is 0. The molecule has 0 atom stereocenters. The minimum absolute atomic E-state index is 0.0890. The van der Waals surface area contributed by atoms with E-state index in [9.17, 15) is 26.7 Å². The maximum Gasteiger partial charge on any atom is 0.574 e. The predicted molar refractivity (Wildman–Crippen MR) is 53.9 cm³/mol. The van der Waals surface area contributed by atoms with Gasteiger partial charge in [-0.2, -0.15) is 0 Å². The number of carbonyl (C=O) groups excluding carboxylic acids is 1. The van der Waals surface area contributed by atoms with Gasteiger partial charge in [-0.1, -0.05) is 15.9 Å². The molecular weight excluding hydrogens is 329 g/mol. The molecule has 0 unspecified atom stereocenters. The van der Waals surface area contributed by atoms with E-state index in [1.807, 2.05) is 0 Å². The van der Waals surface area contributed by atoms with Gasteiger partial charge in [-0.05, 0) is 0 Å². The molecule has 0 saturated heterocycles. The van der Waals surface area contributed by atoms with E-state index in [1.54, 1.807) is 0 Å². The highest BCUT2D eigenvalue weighted by molar-refractivity contribution is 9.08. The summed E-state index contributed by atoms with van der Waals surface area (Å²) in [4.78, 5) is 13.8. The van der Waals surface area contributed by atoms with Gasteiger partial charge >= 0.3 is 6.36 Å². The normalized spacial score (nSPS) is 11.7. The summed E-state index contributed by atoms with van der Waals surface area (Å²) in [7, 11) is 0. The van der Waals surface area contributed by atoms with E-state index < -0.39 is 29.9 Å². The highest BCUT2D eigenvalue weighted by Crippen LogP contribution is 2.31. The lowest BCUT2D eigenvalue weighted by Gasteiger charge is -2.13. The van der Waals surface area contributed by atoms with Crippen LogP contribution in [-0.2, 0) is 5.33 Å². The number of rotatable bonds is 4. The minimum Gasteiger partial charge on any atom is -0.388 e. The lowest BCUT2D eigenvalue weighted by molar-refractivity contribution is -0.276. The van der Waals surface area contributed by atoms with E-state index in [2.05, 4.69) is 25.7 Å². The van der Waals surface area contributed by atoms with Gasteiger partial charge in [0.2, 0.25) is 5.88 Å². The lowest BCUT2D eigenvalue weighted by Crippen LogP contribution is -2.19. The van der Waals surface area contributed by atoms with Gasteiger partial charge in [0.15, 0.2) is 6.29 Å². The third kappa shape index (κ3) is 3.62.